The fraction of sp³-hybridized carbons (Fsp3) is 0.167. The Hall–Kier alpha value is -2.25. The number of hydrogen-bond donors (Lipinski definition) is 2. The molecule has 4 aromatic rings. The maximum absolute atomic E-state index is 4.49. The Kier molecular flexibility index (Phi) is 4.27. The van der Waals surface area contributed by atoms with Crippen LogP contribution in [0.25, 0.3) is 21.3 Å². The first-order valence-corrected chi connectivity index (χ1v) is 9.58. The number of halogens is 1. The molecule has 2 N–H and O–H groups in total. The smallest absolute Gasteiger partial charge is 0.153 e. The lowest BCUT2D eigenvalue weighted by Gasteiger charge is -2.08. The number of aromatic nitrogens is 4. The number of H-pyrrole nitrogens is 1. The lowest BCUT2D eigenvalue weighted by atomic mass is 10.0. The Bertz CT molecular complexity index is 1040. The van der Waals surface area contributed by atoms with Gasteiger partial charge in [0.05, 0.1) is 5.39 Å². The van der Waals surface area contributed by atoms with Gasteiger partial charge >= 0.3 is 0 Å². The molecular formula is C18H16BrN5S. The van der Waals surface area contributed by atoms with E-state index < -0.39 is 0 Å². The monoisotopic (exact) mass is 413 g/mol. The van der Waals surface area contributed by atoms with E-state index in [1.807, 2.05) is 13.0 Å². The summed E-state index contributed by atoms with van der Waals surface area (Å²) in [6.45, 7) is 4.14. The highest BCUT2D eigenvalue weighted by molar-refractivity contribution is 9.10. The van der Waals surface area contributed by atoms with Crippen molar-refractivity contribution < 1.29 is 0 Å². The molecule has 0 aliphatic heterocycles. The summed E-state index contributed by atoms with van der Waals surface area (Å²) >= 11 is 5.23. The molecule has 0 fully saturated rings. The zero-order chi connectivity index (χ0) is 17.4. The van der Waals surface area contributed by atoms with E-state index in [1.165, 1.54) is 16.0 Å². The number of nitrogens with zero attached hydrogens (tertiary/aromatic N) is 3. The highest BCUT2D eigenvalue weighted by Crippen LogP contribution is 2.41. The molecule has 0 radical (unpaired) electrons. The van der Waals surface area contributed by atoms with E-state index in [-0.39, 0.29) is 0 Å². The maximum Gasteiger partial charge on any atom is 0.153 e. The van der Waals surface area contributed by atoms with Gasteiger partial charge in [-0.1, -0.05) is 35.0 Å². The van der Waals surface area contributed by atoms with E-state index in [1.54, 1.807) is 17.7 Å². The van der Waals surface area contributed by atoms with Crippen molar-refractivity contribution in [3.63, 3.8) is 0 Å². The summed E-state index contributed by atoms with van der Waals surface area (Å²) in [5.41, 5.74) is 3.37. The van der Waals surface area contributed by atoms with Crippen LogP contribution in [0.15, 0.2) is 41.1 Å². The first-order valence-electron chi connectivity index (χ1n) is 7.97. The zero-order valence-corrected chi connectivity index (χ0v) is 16.2. The normalized spacial score (nSPS) is 11.2. The number of fused-ring (bicyclic) bond motifs is 1. The van der Waals surface area contributed by atoms with Crippen LogP contribution >= 0.6 is 27.3 Å². The number of hydrogen-bond acceptors (Lipinski definition) is 5. The molecular weight excluding hydrogens is 398 g/mol. The molecule has 0 atom stereocenters. The van der Waals surface area contributed by atoms with Gasteiger partial charge in [-0.3, -0.25) is 5.10 Å². The molecule has 0 aliphatic carbocycles. The van der Waals surface area contributed by atoms with Crippen molar-refractivity contribution in [1.29, 1.82) is 0 Å². The van der Waals surface area contributed by atoms with Crippen molar-refractivity contribution in [2.45, 2.75) is 20.3 Å². The maximum atomic E-state index is 4.49. The van der Waals surface area contributed by atoms with Crippen molar-refractivity contribution in [3.05, 3.63) is 51.7 Å². The van der Waals surface area contributed by atoms with Crippen molar-refractivity contribution in [2.75, 3.05) is 5.32 Å². The quantitative estimate of drug-likeness (QED) is 0.466. The van der Waals surface area contributed by atoms with Gasteiger partial charge in [0.1, 0.15) is 17.0 Å². The second-order valence-corrected chi connectivity index (χ2v) is 7.72. The van der Waals surface area contributed by atoms with Crippen molar-refractivity contribution >= 4 is 49.1 Å². The third kappa shape index (κ3) is 3.05. The third-order valence-electron chi connectivity index (χ3n) is 3.97. The minimum Gasteiger partial charge on any atom is -0.323 e. The summed E-state index contributed by atoms with van der Waals surface area (Å²) in [5, 5.41) is 11.6. The minimum absolute atomic E-state index is 0.753. The lowest BCUT2D eigenvalue weighted by Crippen LogP contribution is -1.96. The summed E-state index contributed by atoms with van der Waals surface area (Å²) in [6.07, 6.45) is 2.55. The minimum atomic E-state index is 0.753. The predicted octanol–water partition coefficient (Wildman–Crippen LogP) is 5.46. The van der Waals surface area contributed by atoms with Gasteiger partial charge in [-0.15, -0.1) is 11.3 Å². The number of benzene rings is 1. The van der Waals surface area contributed by atoms with Crippen molar-refractivity contribution in [3.8, 4) is 11.1 Å². The number of aryl methyl sites for hydroxylation is 2. The molecule has 0 spiro atoms. The van der Waals surface area contributed by atoms with Crippen molar-refractivity contribution in [1.82, 2.24) is 20.2 Å². The molecule has 3 heterocycles. The Labute approximate surface area is 157 Å². The first kappa shape index (κ1) is 16.2. The van der Waals surface area contributed by atoms with Crippen LogP contribution in [0.1, 0.15) is 17.5 Å². The summed E-state index contributed by atoms with van der Waals surface area (Å²) in [5.74, 6) is 1.54. The Morgan fingerprint density at radius 1 is 1.20 bits per heavy atom. The number of aromatic amines is 1. The van der Waals surface area contributed by atoms with Gasteiger partial charge in [0.15, 0.2) is 5.82 Å². The molecule has 1 aromatic carbocycles. The molecule has 5 nitrogen and oxygen atoms in total. The lowest BCUT2D eigenvalue weighted by molar-refractivity contribution is 1.05. The van der Waals surface area contributed by atoms with Gasteiger partial charge in [-0.25, -0.2) is 9.97 Å². The van der Waals surface area contributed by atoms with E-state index in [0.717, 1.165) is 38.4 Å². The summed E-state index contributed by atoms with van der Waals surface area (Å²) in [6, 6.07) is 10.3. The van der Waals surface area contributed by atoms with E-state index in [0.29, 0.717) is 0 Å². The van der Waals surface area contributed by atoms with Gasteiger partial charge in [0.25, 0.3) is 0 Å². The van der Waals surface area contributed by atoms with Crippen LogP contribution in [-0.4, -0.2) is 20.2 Å². The van der Waals surface area contributed by atoms with Crippen molar-refractivity contribution in [2.24, 2.45) is 0 Å². The Morgan fingerprint density at radius 2 is 2.00 bits per heavy atom. The fourth-order valence-electron chi connectivity index (χ4n) is 2.85. The van der Waals surface area contributed by atoms with Gasteiger partial charge in [0, 0.05) is 26.7 Å². The highest BCUT2D eigenvalue weighted by atomic mass is 79.9. The number of thiophene rings is 1. The van der Waals surface area contributed by atoms with Crippen LogP contribution in [0.3, 0.4) is 0 Å². The van der Waals surface area contributed by atoms with Gasteiger partial charge in [0.2, 0.25) is 0 Å². The highest BCUT2D eigenvalue weighted by Gasteiger charge is 2.18. The SMILES string of the molecule is CCc1sc2ncnc(Nc3cc(C)[nH]n3)c2c1-c1ccc(Br)cc1. The molecule has 7 heteroatoms. The Morgan fingerprint density at radius 3 is 2.68 bits per heavy atom. The fourth-order valence-corrected chi connectivity index (χ4v) is 4.21. The molecule has 3 aromatic heterocycles. The van der Waals surface area contributed by atoms with Gasteiger partial charge in [-0.2, -0.15) is 5.10 Å². The van der Waals surface area contributed by atoms with E-state index in [4.69, 9.17) is 0 Å². The average Bonchev–Trinajstić information content (AvgIpc) is 3.19. The summed E-state index contributed by atoms with van der Waals surface area (Å²) in [4.78, 5) is 11.3. The van der Waals surface area contributed by atoms with Crippen LogP contribution in [-0.2, 0) is 6.42 Å². The molecule has 4 rings (SSSR count). The van der Waals surface area contributed by atoms with Crippen LogP contribution in [0, 0.1) is 6.92 Å². The molecule has 0 saturated heterocycles. The molecule has 0 aliphatic rings. The molecule has 0 amide bonds. The van der Waals surface area contributed by atoms with E-state index in [9.17, 15) is 0 Å². The van der Waals surface area contributed by atoms with Crippen LogP contribution in [0.5, 0.6) is 0 Å². The van der Waals surface area contributed by atoms with Crippen LogP contribution in [0.2, 0.25) is 0 Å². The summed E-state index contributed by atoms with van der Waals surface area (Å²) in [7, 11) is 0. The van der Waals surface area contributed by atoms with Crippen LogP contribution in [0.4, 0.5) is 11.6 Å². The largest absolute Gasteiger partial charge is 0.323 e. The number of nitrogens with one attached hydrogen (secondary N) is 2. The summed E-state index contributed by atoms with van der Waals surface area (Å²) < 4.78 is 1.07. The second-order valence-electron chi connectivity index (χ2n) is 5.72. The average molecular weight is 414 g/mol. The number of rotatable bonds is 4. The molecule has 126 valence electrons. The Balaban J connectivity index is 1.92. The van der Waals surface area contributed by atoms with E-state index >= 15 is 0 Å². The number of anilines is 2. The van der Waals surface area contributed by atoms with Crippen LogP contribution < -0.4 is 5.32 Å². The topological polar surface area (TPSA) is 66.5 Å². The molecule has 25 heavy (non-hydrogen) atoms. The molecule has 0 saturated carbocycles. The molecule has 0 unspecified atom stereocenters. The predicted molar refractivity (Wildman–Crippen MR) is 107 cm³/mol. The zero-order valence-electron chi connectivity index (χ0n) is 13.8. The molecule has 0 bridgehead atoms. The van der Waals surface area contributed by atoms with E-state index in [2.05, 4.69) is 72.6 Å². The van der Waals surface area contributed by atoms with Gasteiger partial charge in [-0.05, 0) is 31.0 Å². The third-order valence-corrected chi connectivity index (χ3v) is 5.74. The standard InChI is InChI=1S/C18H16BrN5S/c1-3-13-15(11-4-6-12(19)7-5-11)16-17(20-9-21-18(16)25-13)22-14-8-10(2)23-24-14/h4-9H,3H2,1-2H3,(H2,20,21,22,23,24). The van der Waals surface area contributed by atoms with Gasteiger partial charge < -0.3 is 5.32 Å². The first-order chi connectivity index (χ1) is 12.2. The second kappa shape index (κ2) is 6.57.